The number of rotatable bonds is 3. The first-order valence-corrected chi connectivity index (χ1v) is 8.32. The summed E-state index contributed by atoms with van der Waals surface area (Å²) in [4.78, 5) is 4.57. The summed E-state index contributed by atoms with van der Waals surface area (Å²) in [6, 6.07) is 12.7. The highest BCUT2D eigenvalue weighted by Crippen LogP contribution is 2.28. The smallest absolute Gasteiger partial charge is 0.128 e. The van der Waals surface area contributed by atoms with Gasteiger partial charge in [0.15, 0.2) is 0 Å². The van der Waals surface area contributed by atoms with E-state index in [2.05, 4.69) is 20.9 Å². The van der Waals surface area contributed by atoms with E-state index in [0.717, 1.165) is 20.7 Å². The molecule has 0 amide bonds. The first kappa shape index (κ1) is 14.7. The Balaban J connectivity index is 1.89. The molecule has 0 aliphatic heterocycles. The molecule has 0 bridgehead atoms. The Hall–Kier alpha value is -1.23. The number of hydrogen-bond donors (Lipinski definition) is 0. The van der Waals surface area contributed by atoms with Crippen LogP contribution >= 0.6 is 38.9 Å². The fourth-order valence-corrected chi connectivity index (χ4v) is 3.47. The van der Waals surface area contributed by atoms with Crippen LogP contribution in [0.15, 0.2) is 52.3 Å². The van der Waals surface area contributed by atoms with Crippen LogP contribution in [0.5, 0.6) is 0 Å². The van der Waals surface area contributed by atoms with Crippen molar-refractivity contribution in [1.29, 1.82) is 0 Å². The summed E-state index contributed by atoms with van der Waals surface area (Å²) in [5.41, 5.74) is 2.42. The zero-order valence-electron chi connectivity index (χ0n) is 10.8. The van der Waals surface area contributed by atoms with E-state index in [-0.39, 0.29) is 5.82 Å². The third kappa shape index (κ3) is 3.34. The number of hydrogen-bond acceptors (Lipinski definition) is 2. The topological polar surface area (TPSA) is 12.9 Å². The Kier molecular flexibility index (Phi) is 4.38. The molecular weight excluding hydrogens is 373 g/mol. The van der Waals surface area contributed by atoms with Crippen molar-refractivity contribution in [3.05, 3.63) is 73.7 Å². The molecule has 0 radical (unpaired) electrons. The minimum absolute atomic E-state index is 0.290. The minimum Gasteiger partial charge on any atom is -0.241 e. The predicted octanol–water partition coefficient (Wildman–Crippen LogP) is 5.96. The monoisotopic (exact) mass is 381 g/mol. The van der Waals surface area contributed by atoms with Crippen LogP contribution in [0.2, 0.25) is 5.02 Å². The van der Waals surface area contributed by atoms with Gasteiger partial charge in [-0.15, -0.1) is 11.3 Å². The lowest BCUT2D eigenvalue weighted by Crippen LogP contribution is -1.93. The molecule has 0 aliphatic rings. The molecule has 0 spiro atoms. The van der Waals surface area contributed by atoms with E-state index in [4.69, 9.17) is 11.6 Å². The summed E-state index contributed by atoms with van der Waals surface area (Å²) in [6.07, 6.45) is 0.407. The molecule has 0 saturated heterocycles. The second-order valence-electron chi connectivity index (χ2n) is 4.51. The highest BCUT2D eigenvalue weighted by atomic mass is 79.9. The highest BCUT2D eigenvalue weighted by molar-refractivity contribution is 9.10. The zero-order chi connectivity index (χ0) is 14.8. The molecule has 21 heavy (non-hydrogen) atoms. The van der Waals surface area contributed by atoms with Crippen molar-refractivity contribution < 1.29 is 4.39 Å². The largest absolute Gasteiger partial charge is 0.241 e. The summed E-state index contributed by atoms with van der Waals surface area (Å²) in [7, 11) is 0. The fraction of sp³-hybridized carbons (Fsp3) is 0.0625. The standard InChI is InChI=1S/C16H10BrClFNS/c17-11-4-1-3-10(7-11)15-9-21-16(20-15)8-12-13(18)5-2-6-14(12)19/h1-7,9H,8H2. The van der Waals surface area contributed by atoms with E-state index in [0.29, 0.717) is 17.0 Å². The van der Waals surface area contributed by atoms with Gasteiger partial charge in [0, 0.05) is 32.4 Å². The van der Waals surface area contributed by atoms with Gasteiger partial charge < -0.3 is 0 Å². The van der Waals surface area contributed by atoms with Gasteiger partial charge in [-0.05, 0) is 24.3 Å². The second kappa shape index (κ2) is 6.26. The molecule has 3 aromatic rings. The van der Waals surface area contributed by atoms with Gasteiger partial charge in [0.05, 0.1) is 10.7 Å². The maximum Gasteiger partial charge on any atom is 0.128 e. The first-order chi connectivity index (χ1) is 10.1. The molecule has 0 fully saturated rings. The summed E-state index contributed by atoms with van der Waals surface area (Å²) < 4.78 is 14.8. The van der Waals surface area contributed by atoms with E-state index in [1.807, 2.05) is 29.6 Å². The van der Waals surface area contributed by atoms with Gasteiger partial charge in [-0.25, -0.2) is 9.37 Å². The summed E-state index contributed by atoms with van der Waals surface area (Å²) >= 11 is 11.0. The van der Waals surface area contributed by atoms with Crippen LogP contribution in [0, 0.1) is 5.82 Å². The van der Waals surface area contributed by atoms with Gasteiger partial charge in [0.2, 0.25) is 0 Å². The number of benzene rings is 2. The van der Waals surface area contributed by atoms with Crippen molar-refractivity contribution in [3.8, 4) is 11.3 Å². The van der Waals surface area contributed by atoms with E-state index in [1.165, 1.54) is 17.4 Å². The Morgan fingerprint density at radius 1 is 1.19 bits per heavy atom. The molecule has 2 aromatic carbocycles. The lowest BCUT2D eigenvalue weighted by atomic mass is 10.1. The van der Waals surface area contributed by atoms with Gasteiger partial charge in [-0.1, -0.05) is 45.7 Å². The van der Waals surface area contributed by atoms with E-state index < -0.39 is 0 Å². The Labute approximate surface area is 139 Å². The normalized spacial score (nSPS) is 10.8. The number of aromatic nitrogens is 1. The third-order valence-corrected chi connectivity index (χ3v) is 4.76. The number of thiazole rings is 1. The van der Waals surface area contributed by atoms with E-state index in [1.54, 1.807) is 12.1 Å². The van der Waals surface area contributed by atoms with Crippen LogP contribution in [0.3, 0.4) is 0 Å². The van der Waals surface area contributed by atoms with Crippen molar-refractivity contribution in [2.75, 3.05) is 0 Å². The average Bonchev–Trinajstić information content (AvgIpc) is 2.92. The zero-order valence-corrected chi connectivity index (χ0v) is 14.0. The third-order valence-electron chi connectivity index (χ3n) is 3.06. The van der Waals surface area contributed by atoms with Crippen LogP contribution in [-0.4, -0.2) is 4.98 Å². The SMILES string of the molecule is Fc1cccc(Cl)c1Cc1nc(-c2cccc(Br)c2)cs1. The predicted molar refractivity (Wildman–Crippen MR) is 89.5 cm³/mol. The van der Waals surface area contributed by atoms with Gasteiger partial charge in [-0.3, -0.25) is 0 Å². The molecule has 1 nitrogen and oxygen atoms in total. The summed E-state index contributed by atoms with van der Waals surface area (Å²) in [5, 5.41) is 3.26. The lowest BCUT2D eigenvalue weighted by molar-refractivity contribution is 0.614. The first-order valence-electron chi connectivity index (χ1n) is 6.27. The average molecular weight is 383 g/mol. The van der Waals surface area contributed by atoms with Gasteiger partial charge in [0.25, 0.3) is 0 Å². The molecule has 1 aromatic heterocycles. The molecule has 0 N–H and O–H groups in total. The van der Waals surface area contributed by atoms with Crippen LogP contribution in [-0.2, 0) is 6.42 Å². The second-order valence-corrected chi connectivity index (χ2v) is 6.78. The van der Waals surface area contributed by atoms with Crippen molar-refractivity contribution in [1.82, 2.24) is 4.98 Å². The molecule has 0 unspecified atom stereocenters. The van der Waals surface area contributed by atoms with Gasteiger partial charge in [0.1, 0.15) is 5.82 Å². The van der Waals surface area contributed by atoms with Gasteiger partial charge in [-0.2, -0.15) is 0 Å². The Bertz CT molecular complexity index is 767. The lowest BCUT2D eigenvalue weighted by Gasteiger charge is -2.03. The fourth-order valence-electron chi connectivity index (χ4n) is 2.02. The maximum atomic E-state index is 13.8. The Morgan fingerprint density at radius 3 is 2.76 bits per heavy atom. The number of nitrogens with zero attached hydrogens (tertiary/aromatic N) is 1. The van der Waals surface area contributed by atoms with Crippen molar-refractivity contribution >= 4 is 38.9 Å². The molecule has 1 heterocycles. The Morgan fingerprint density at radius 2 is 2.00 bits per heavy atom. The molecule has 3 rings (SSSR count). The molecule has 5 heteroatoms. The minimum atomic E-state index is -0.290. The van der Waals surface area contributed by atoms with Crippen molar-refractivity contribution in [3.63, 3.8) is 0 Å². The van der Waals surface area contributed by atoms with E-state index >= 15 is 0 Å². The molecule has 106 valence electrons. The van der Waals surface area contributed by atoms with E-state index in [9.17, 15) is 4.39 Å². The molecule has 0 atom stereocenters. The summed E-state index contributed by atoms with van der Waals surface area (Å²) in [5.74, 6) is -0.290. The summed E-state index contributed by atoms with van der Waals surface area (Å²) in [6.45, 7) is 0. The molecular formula is C16H10BrClFNS. The maximum absolute atomic E-state index is 13.8. The highest BCUT2D eigenvalue weighted by Gasteiger charge is 2.11. The quantitative estimate of drug-likeness (QED) is 0.545. The number of halogens is 3. The van der Waals surface area contributed by atoms with Crippen LogP contribution < -0.4 is 0 Å². The molecule has 0 saturated carbocycles. The van der Waals surface area contributed by atoms with Crippen LogP contribution in [0.4, 0.5) is 4.39 Å². The molecule has 0 aliphatic carbocycles. The van der Waals surface area contributed by atoms with Crippen LogP contribution in [0.25, 0.3) is 11.3 Å². The van der Waals surface area contributed by atoms with Crippen molar-refractivity contribution in [2.24, 2.45) is 0 Å². The van der Waals surface area contributed by atoms with Crippen molar-refractivity contribution in [2.45, 2.75) is 6.42 Å². The van der Waals surface area contributed by atoms with Crippen LogP contribution in [0.1, 0.15) is 10.6 Å². The van der Waals surface area contributed by atoms with Gasteiger partial charge >= 0.3 is 0 Å².